The van der Waals surface area contributed by atoms with E-state index in [1.54, 1.807) is 35.5 Å². The van der Waals surface area contributed by atoms with Crippen LogP contribution in [-0.4, -0.2) is 27.8 Å². The first-order valence-electron chi connectivity index (χ1n) is 5.95. The van der Waals surface area contributed by atoms with Gasteiger partial charge in [0, 0.05) is 18.1 Å². The molecule has 102 valence electrons. The van der Waals surface area contributed by atoms with Gasteiger partial charge in [-0.05, 0) is 26.8 Å². The molecule has 19 heavy (non-hydrogen) atoms. The highest BCUT2D eigenvalue weighted by Crippen LogP contribution is 2.27. The summed E-state index contributed by atoms with van der Waals surface area (Å²) in [6.45, 7) is 5.98. The van der Waals surface area contributed by atoms with Crippen LogP contribution < -0.4 is 0 Å². The van der Waals surface area contributed by atoms with Crippen molar-refractivity contribution < 1.29 is 4.79 Å². The van der Waals surface area contributed by atoms with Gasteiger partial charge in [0.15, 0.2) is 0 Å². The van der Waals surface area contributed by atoms with Crippen LogP contribution in [0.15, 0.2) is 12.3 Å². The van der Waals surface area contributed by atoms with Gasteiger partial charge >= 0.3 is 0 Å². The number of hydrogen-bond acceptors (Lipinski definition) is 3. The van der Waals surface area contributed by atoms with E-state index in [1.807, 2.05) is 20.8 Å². The molecule has 0 spiro atoms. The number of carbonyl (C=O) groups is 1. The summed E-state index contributed by atoms with van der Waals surface area (Å²) in [7, 11) is 1.77. The van der Waals surface area contributed by atoms with Crippen LogP contribution >= 0.6 is 22.9 Å². The van der Waals surface area contributed by atoms with Gasteiger partial charge in [-0.25, -0.2) is 4.98 Å². The number of nitrogens with zero attached hydrogens (tertiary/aromatic N) is 2. The average Bonchev–Trinajstić information content (AvgIpc) is 2.92. The fourth-order valence-electron chi connectivity index (χ4n) is 1.97. The molecule has 0 radical (unpaired) electrons. The summed E-state index contributed by atoms with van der Waals surface area (Å²) in [5.41, 5.74) is 1.44. The monoisotopic (exact) mass is 297 g/mol. The Kier molecular flexibility index (Phi) is 3.96. The van der Waals surface area contributed by atoms with Crippen LogP contribution in [0.1, 0.15) is 39.0 Å². The van der Waals surface area contributed by atoms with Gasteiger partial charge in [-0.3, -0.25) is 4.79 Å². The Bertz CT molecular complexity index is 605. The molecule has 1 N–H and O–H groups in total. The normalized spacial score (nSPS) is 12.5. The van der Waals surface area contributed by atoms with E-state index in [0.29, 0.717) is 10.7 Å². The zero-order valence-corrected chi connectivity index (χ0v) is 12.9. The second-order valence-corrected chi connectivity index (χ2v) is 6.34. The molecule has 0 aliphatic heterocycles. The van der Waals surface area contributed by atoms with Crippen molar-refractivity contribution in [2.24, 2.45) is 0 Å². The van der Waals surface area contributed by atoms with Gasteiger partial charge in [-0.15, -0.1) is 11.3 Å². The smallest absolute Gasteiger partial charge is 0.270 e. The maximum atomic E-state index is 12.3. The van der Waals surface area contributed by atoms with Crippen molar-refractivity contribution in [1.82, 2.24) is 14.9 Å². The summed E-state index contributed by atoms with van der Waals surface area (Å²) in [4.78, 5) is 22.5. The van der Waals surface area contributed by atoms with Crippen LogP contribution in [0.5, 0.6) is 0 Å². The van der Waals surface area contributed by atoms with Crippen molar-refractivity contribution in [2.45, 2.75) is 26.8 Å². The number of H-pyrrole nitrogens is 1. The predicted molar refractivity (Wildman–Crippen MR) is 77.9 cm³/mol. The first-order chi connectivity index (χ1) is 8.90. The van der Waals surface area contributed by atoms with Gasteiger partial charge in [-0.2, -0.15) is 0 Å². The first-order valence-corrected chi connectivity index (χ1v) is 7.14. The number of nitrogens with one attached hydrogen (secondary N) is 1. The lowest BCUT2D eigenvalue weighted by Gasteiger charge is -2.23. The third-order valence-corrected chi connectivity index (χ3v) is 4.23. The number of aryl methyl sites for hydroxylation is 2. The Morgan fingerprint density at radius 1 is 1.53 bits per heavy atom. The Labute approximate surface area is 121 Å². The van der Waals surface area contributed by atoms with E-state index >= 15 is 0 Å². The van der Waals surface area contributed by atoms with E-state index in [0.717, 1.165) is 15.6 Å². The number of amides is 1. The highest BCUT2D eigenvalue weighted by atomic mass is 35.5. The molecule has 6 heteroatoms. The molecule has 0 saturated carbocycles. The number of halogens is 1. The lowest BCUT2D eigenvalue weighted by molar-refractivity contribution is 0.0734. The van der Waals surface area contributed by atoms with Crippen molar-refractivity contribution in [1.29, 1.82) is 0 Å². The minimum Gasteiger partial charge on any atom is -0.356 e. The summed E-state index contributed by atoms with van der Waals surface area (Å²) in [6.07, 6.45) is 1.60. The maximum Gasteiger partial charge on any atom is 0.270 e. The zero-order chi connectivity index (χ0) is 14.2. The number of aromatic amines is 1. The Morgan fingerprint density at radius 2 is 2.21 bits per heavy atom. The van der Waals surface area contributed by atoms with Gasteiger partial charge in [0.05, 0.1) is 21.8 Å². The van der Waals surface area contributed by atoms with Crippen molar-refractivity contribution in [2.75, 3.05) is 7.05 Å². The number of aromatic nitrogens is 2. The summed E-state index contributed by atoms with van der Waals surface area (Å²) < 4.78 is 0. The quantitative estimate of drug-likeness (QED) is 0.941. The fraction of sp³-hybridized carbons (Fsp3) is 0.385. The summed E-state index contributed by atoms with van der Waals surface area (Å²) in [5, 5.41) is 1.55. The van der Waals surface area contributed by atoms with Crippen LogP contribution in [0.4, 0.5) is 0 Å². The van der Waals surface area contributed by atoms with E-state index in [1.165, 1.54) is 0 Å². The molecule has 2 heterocycles. The Balaban J connectivity index is 2.21. The molecule has 0 aliphatic carbocycles. The minimum absolute atomic E-state index is 0.0699. The third-order valence-electron chi connectivity index (χ3n) is 3.11. The average molecular weight is 298 g/mol. The SMILES string of the molecule is Cc1nc([C@@H](C)N(C)C(=O)c2cc(Cl)c[nH]2)c(C)s1. The molecule has 2 aromatic heterocycles. The maximum absolute atomic E-state index is 12.3. The van der Waals surface area contributed by atoms with E-state index in [4.69, 9.17) is 11.6 Å². The minimum atomic E-state index is -0.0931. The number of hydrogen-bond donors (Lipinski definition) is 1. The molecule has 0 aliphatic rings. The molecule has 4 nitrogen and oxygen atoms in total. The van der Waals surface area contributed by atoms with Crippen LogP contribution in [0.3, 0.4) is 0 Å². The van der Waals surface area contributed by atoms with Crippen LogP contribution in [0, 0.1) is 13.8 Å². The van der Waals surface area contributed by atoms with Crippen LogP contribution in [0.2, 0.25) is 5.02 Å². The van der Waals surface area contributed by atoms with Crippen LogP contribution in [-0.2, 0) is 0 Å². The fourth-order valence-corrected chi connectivity index (χ4v) is 3.04. The van der Waals surface area contributed by atoms with Gasteiger partial charge in [0.25, 0.3) is 5.91 Å². The molecule has 0 aromatic carbocycles. The summed E-state index contributed by atoms with van der Waals surface area (Å²) in [6, 6.07) is 1.56. The van der Waals surface area contributed by atoms with E-state index in [-0.39, 0.29) is 11.9 Å². The zero-order valence-electron chi connectivity index (χ0n) is 11.3. The predicted octanol–water partition coefficient (Wildman–Crippen LogP) is 3.57. The van der Waals surface area contributed by atoms with Crippen LogP contribution in [0.25, 0.3) is 0 Å². The number of thiazole rings is 1. The second-order valence-electron chi connectivity index (χ2n) is 4.50. The molecule has 0 unspecified atom stereocenters. The number of carbonyl (C=O) groups excluding carboxylic acids is 1. The molecular formula is C13H16ClN3OS. The van der Waals surface area contributed by atoms with Crippen molar-refractivity contribution >= 4 is 28.8 Å². The second kappa shape index (κ2) is 5.35. The van der Waals surface area contributed by atoms with Gasteiger partial charge in [0.1, 0.15) is 5.69 Å². The standard InChI is InChI=1S/C13H16ClN3OS/c1-7(12-8(2)19-9(3)16-12)17(4)13(18)11-5-10(14)6-15-11/h5-7,15H,1-4H3/t7-/m1/s1. The van der Waals surface area contributed by atoms with Crippen molar-refractivity contribution in [3.05, 3.63) is 38.6 Å². The molecule has 2 rings (SSSR count). The Morgan fingerprint density at radius 3 is 2.68 bits per heavy atom. The molecular weight excluding hydrogens is 282 g/mol. The molecule has 1 amide bonds. The largest absolute Gasteiger partial charge is 0.356 e. The third kappa shape index (κ3) is 2.82. The molecule has 1 atom stereocenters. The highest BCUT2D eigenvalue weighted by Gasteiger charge is 2.23. The lowest BCUT2D eigenvalue weighted by Crippen LogP contribution is -2.30. The molecule has 0 saturated heterocycles. The first kappa shape index (κ1) is 14.1. The van der Waals surface area contributed by atoms with E-state index in [9.17, 15) is 4.79 Å². The van der Waals surface area contributed by atoms with Gasteiger partial charge in [-0.1, -0.05) is 11.6 Å². The van der Waals surface area contributed by atoms with Gasteiger partial charge in [0.2, 0.25) is 0 Å². The summed E-state index contributed by atoms with van der Waals surface area (Å²) in [5.74, 6) is -0.0931. The highest BCUT2D eigenvalue weighted by molar-refractivity contribution is 7.11. The van der Waals surface area contributed by atoms with Crippen molar-refractivity contribution in [3.8, 4) is 0 Å². The molecule has 2 aromatic rings. The van der Waals surface area contributed by atoms with E-state index < -0.39 is 0 Å². The number of rotatable bonds is 3. The van der Waals surface area contributed by atoms with E-state index in [2.05, 4.69) is 9.97 Å². The Hall–Kier alpha value is -1.33. The summed E-state index contributed by atoms with van der Waals surface area (Å²) >= 11 is 7.47. The molecule has 0 bridgehead atoms. The van der Waals surface area contributed by atoms with Gasteiger partial charge < -0.3 is 9.88 Å². The van der Waals surface area contributed by atoms with Crippen molar-refractivity contribution in [3.63, 3.8) is 0 Å². The lowest BCUT2D eigenvalue weighted by atomic mass is 10.2. The molecule has 0 fully saturated rings. The topological polar surface area (TPSA) is 49.0 Å².